The molecule has 2 saturated heterocycles. The summed E-state index contributed by atoms with van der Waals surface area (Å²) in [6, 6.07) is -0.444. The lowest BCUT2D eigenvalue weighted by Crippen LogP contribution is -2.56. The van der Waals surface area contributed by atoms with Crippen molar-refractivity contribution in [1.29, 1.82) is 0 Å². The highest BCUT2D eigenvalue weighted by Gasteiger charge is 2.54. The van der Waals surface area contributed by atoms with E-state index >= 15 is 0 Å². The Labute approximate surface area is 176 Å². The number of esters is 1. The van der Waals surface area contributed by atoms with Crippen molar-refractivity contribution in [3.63, 3.8) is 0 Å². The van der Waals surface area contributed by atoms with Gasteiger partial charge in [0.05, 0.1) is 4.87 Å². The van der Waals surface area contributed by atoms with Crippen molar-refractivity contribution < 1.29 is 19.1 Å². The summed E-state index contributed by atoms with van der Waals surface area (Å²) in [5, 5.41) is 3.14. The molecule has 6 aliphatic rings. The lowest BCUT2D eigenvalue weighted by Gasteiger charge is -2.59. The highest BCUT2D eigenvalue weighted by atomic mass is 32.2. The largest absolute Gasteiger partial charge is 0.454 e. The van der Waals surface area contributed by atoms with Crippen molar-refractivity contribution in [3.05, 3.63) is 0 Å². The molecule has 2 heterocycles. The number of nitrogens with one attached hydrogen (secondary N) is 1. The number of fused-ring (bicyclic) bond motifs is 1. The molecule has 4 saturated carbocycles. The SMILES string of the molecule is C[C@H](NC(=O)COC(=O)[C@H]1CS[C@]2(C)CCC(=O)N12)C12CC3CC(CC(C3)C1)C2. The second-order valence-electron chi connectivity index (χ2n) is 10.4. The number of carbonyl (C=O) groups excluding carboxylic acids is 3. The van der Waals surface area contributed by atoms with Crippen LogP contribution in [0.4, 0.5) is 0 Å². The predicted octanol–water partition coefficient (Wildman–Crippen LogP) is 2.70. The first kappa shape index (κ1) is 19.7. The molecule has 160 valence electrons. The molecule has 1 N–H and O–H groups in total. The number of nitrogens with zero attached hydrogens (tertiary/aromatic N) is 1. The average Bonchev–Trinajstić information content (AvgIpc) is 3.14. The highest BCUT2D eigenvalue weighted by molar-refractivity contribution is 8.01. The van der Waals surface area contributed by atoms with Gasteiger partial charge in [0.1, 0.15) is 6.04 Å². The van der Waals surface area contributed by atoms with Crippen LogP contribution in [-0.4, -0.2) is 52.0 Å². The molecule has 0 aromatic carbocycles. The minimum atomic E-state index is -0.562. The summed E-state index contributed by atoms with van der Waals surface area (Å²) in [7, 11) is 0. The molecule has 7 heteroatoms. The molecular weight excluding hydrogens is 388 g/mol. The van der Waals surface area contributed by atoms with Crippen LogP contribution in [0.25, 0.3) is 0 Å². The second kappa shape index (κ2) is 6.89. The first-order valence-electron chi connectivity index (χ1n) is 11.2. The van der Waals surface area contributed by atoms with Crippen LogP contribution in [0.5, 0.6) is 0 Å². The molecule has 3 atom stereocenters. The number of hydrogen-bond donors (Lipinski definition) is 1. The van der Waals surface area contributed by atoms with Crippen molar-refractivity contribution >= 4 is 29.5 Å². The molecule has 4 aliphatic carbocycles. The van der Waals surface area contributed by atoms with Gasteiger partial charge in [0.25, 0.3) is 5.91 Å². The Morgan fingerprint density at radius 2 is 1.83 bits per heavy atom. The van der Waals surface area contributed by atoms with E-state index in [1.54, 1.807) is 16.7 Å². The van der Waals surface area contributed by atoms with Crippen LogP contribution in [0.2, 0.25) is 0 Å². The first-order valence-corrected chi connectivity index (χ1v) is 12.2. The van der Waals surface area contributed by atoms with Gasteiger partial charge < -0.3 is 15.0 Å². The smallest absolute Gasteiger partial charge is 0.330 e. The van der Waals surface area contributed by atoms with Gasteiger partial charge in [-0.2, -0.15) is 0 Å². The molecule has 6 rings (SSSR count). The van der Waals surface area contributed by atoms with Gasteiger partial charge in [-0.3, -0.25) is 9.59 Å². The fourth-order valence-electron chi connectivity index (χ4n) is 7.37. The summed E-state index contributed by atoms with van der Waals surface area (Å²) in [6.07, 6.45) is 9.08. The molecule has 0 aromatic heterocycles. The fourth-order valence-corrected chi connectivity index (χ4v) is 8.79. The van der Waals surface area contributed by atoms with E-state index in [1.807, 2.05) is 6.92 Å². The van der Waals surface area contributed by atoms with Gasteiger partial charge in [-0.25, -0.2) is 4.79 Å². The Bertz CT molecular complexity index is 705. The standard InChI is InChI=1S/C22H32N2O4S/c1-13(22-8-14-5-15(9-22)7-16(6-14)10-22)23-18(25)11-28-20(27)17-12-29-21(2)4-3-19(26)24(17)21/h13-17H,3-12H2,1-2H3,(H,23,25)/t13-,14?,15?,16?,17+,21+,22?/m0/s1. The first-order chi connectivity index (χ1) is 13.8. The number of carbonyl (C=O) groups is 3. The Balaban J connectivity index is 1.15. The third kappa shape index (κ3) is 3.28. The summed E-state index contributed by atoms with van der Waals surface area (Å²) >= 11 is 1.64. The number of ether oxygens (including phenoxy) is 1. The average molecular weight is 421 g/mol. The zero-order valence-electron chi connectivity index (χ0n) is 17.4. The molecular formula is C22H32N2O4S. The van der Waals surface area contributed by atoms with Crippen LogP contribution < -0.4 is 5.32 Å². The molecule has 2 amide bonds. The maximum Gasteiger partial charge on any atom is 0.330 e. The van der Waals surface area contributed by atoms with E-state index in [4.69, 9.17) is 4.74 Å². The van der Waals surface area contributed by atoms with Crippen molar-refractivity contribution in [2.45, 2.75) is 82.2 Å². The van der Waals surface area contributed by atoms with E-state index in [9.17, 15) is 14.4 Å². The van der Waals surface area contributed by atoms with Crippen molar-refractivity contribution in [2.75, 3.05) is 12.4 Å². The number of amides is 2. The lowest BCUT2D eigenvalue weighted by molar-refractivity contribution is -0.156. The van der Waals surface area contributed by atoms with Crippen LogP contribution in [-0.2, 0) is 19.1 Å². The van der Waals surface area contributed by atoms with Gasteiger partial charge in [-0.1, -0.05) is 0 Å². The Morgan fingerprint density at radius 3 is 2.45 bits per heavy atom. The van der Waals surface area contributed by atoms with Crippen LogP contribution in [0.3, 0.4) is 0 Å². The van der Waals surface area contributed by atoms with Crippen LogP contribution in [0, 0.1) is 23.2 Å². The van der Waals surface area contributed by atoms with Crippen LogP contribution in [0.15, 0.2) is 0 Å². The van der Waals surface area contributed by atoms with Crippen molar-refractivity contribution in [1.82, 2.24) is 10.2 Å². The molecule has 2 aliphatic heterocycles. The zero-order valence-corrected chi connectivity index (χ0v) is 18.3. The minimum absolute atomic E-state index is 0.0133. The molecule has 0 spiro atoms. The maximum absolute atomic E-state index is 12.6. The quantitative estimate of drug-likeness (QED) is 0.692. The van der Waals surface area contributed by atoms with Crippen LogP contribution in [0.1, 0.15) is 65.2 Å². The topological polar surface area (TPSA) is 75.7 Å². The van der Waals surface area contributed by atoms with E-state index in [0.717, 1.165) is 24.2 Å². The molecule has 0 radical (unpaired) electrons. The normalized spacial score (nSPS) is 43.4. The summed E-state index contributed by atoms with van der Waals surface area (Å²) < 4.78 is 5.35. The summed E-state index contributed by atoms with van der Waals surface area (Å²) in [5.41, 5.74) is 0.236. The summed E-state index contributed by atoms with van der Waals surface area (Å²) in [4.78, 5) is 38.7. The van der Waals surface area contributed by atoms with E-state index < -0.39 is 12.0 Å². The number of thioether (sulfide) groups is 1. The molecule has 4 bridgehead atoms. The van der Waals surface area contributed by atoms with E-state index in [0.29, 0.717) is 12.2 Å². The molecule has 6 nitrogen and oxygen atoms in total. The number of hydrogen-bond acceptors (Lipinski definition) is 5. The summed E-state index contributed by atoms with van der Waals surface area (Å²) in [5.74, 6) is 2.41. The van der Waals surface area contributed by atoms with Gasteiger partial charge in [0.2, 0.25) is 5.91 Å². The Morgan fingerprint density at radius 1 is 1.21 bits per heavy atom. The highest BCUT2D eigenvalue weighted by Crippen LogP contribution is 2.61. The lowest BCUT2D eigenvalue weighted by atomic mass is 9.48. The zero-order chi connectivity index (χ0) is 20.4. The van der Waals surface area contributed by atoms with E-state index in [-0.39, 0.29) is 34.7 Å². The second-order valence-corrected chi connectivity index (χ2v) is 11.9. The maximum atomic E-state index is 12.6. The molecule has 0 aromatic rings. The fraction of sp³-hybridized carbons (Fsp3) is 0.864. The van der Waals surface area contributed by atoms with Gasteiger partial charge in [0, 0.05) is 18.2 Å². The third-order valence-electron chi connectivity index (χ3n) is 8.44. The van der Waals surface area contributed by atoms with Crippen molar-refractivity contribution in [3.8, 4) is 0 Å². The molecule has 0 unspecified atom stereocenters. The number of rotatable bonds is 5. The van der Waals surface area contributed by atoms with Gasteiger partial charge >= 0.3 is 5.97 Å². The minimum Gasteiger partial charge on any atom is -0.454 e. The third-order valence-corrected chi connectivity index (χ3v) is 9.95. The van der Waals surface area contributed by atoms with Crippen molar-refractivity contribution in [2.24, 2.45) is 23.2 Å². The Hall–Kier alpha value is -1.24. The Kier molecular flexibility index (Phi) is 4.68. The van der Waals surface area contributed by atoms with E-state index in [1.165, 1.54) is 38.5 Å². The van der Waals surface area contributed by atoms with Gasteiger partial charge in [0.15, 0.2) is 6.61 Å². The molecule has 29 heavy (non-hydrogen) atoms. The molecule has 6 fully saturated rings. The predicted molar refractivity (Wildman–Crippen MR) is 110 cm³/mol. The van der Waals surface area contributed by atoms with Crippen LogP contribution >= 0.6 is 11.8 Å². The summed E-state index contributed by atoms with van der Waals surface area (Å²) in [6.45, 7) is 3.89. The monoisotopic (exact) mass is 420 g/mol. The van der Waals surface area contributed by atoms with Gasteiger partial charge in [-0.05, 0) is 82.0 Å². The van der Waals surface area contributed by atoms with Gasteiger partial charge in [-0.15, -0.1) is 11.8 Å². The van der Waals surface area contributed by atoms with E-state index in [2.05, 4.69) is 12.2 Å².